The van der Waals surface area contributed by atoms with Gasteiger partial charge in [0.2, 0.25) is 0 Å². The van der Waals surface area contributed by atoms with Crippen molar-refractivity contribution in [3.05, 3.63) is 67.5 Å². The summed E-state index contributed by atoms with van der Waals surface area (Å²) in [5, 5.41) is 21.0. The molecule has 2 aromatic rings. The molecule has 0 aliphatic heterocycles. The van der Waals surface area contributed by atoms with Crippen LogP contribution in [0.5, 0.6) is 5.75 Å². The summed E-state index contributed by atoms with van der Waals surface area (Å²) in [5.41, 5.74) is -0.912. The van der Waals surface area contributed by atoms with Gasteiger partial charge in [0.05, 0.1) is 0 Å². The lowest BCUT2D eigenvalue weighted by molar-refractivity contribution is 0.102. The molecule has 0 spiro atoms. The summed E-state index contributed by atoms with van der Waals surface area (Å²) in [6.07, 6.45) is 6.63. The van der Waals surface area contributed by atoms with Crippen molar-refractivity contribution in [3.8, 4) is 5.75 Å². The highest BCUT2D eigenvalue weighted by Gasteiger charge is 2.22. The first kappa shape index (κ1) is 24.1. The van der Waals surface area contributed by atoms with E-state index in [1.807, 2.05) is 19.1 Å². The number of nitrogens with one attached hydrogen (secondary N) is 1. The van der Waals surface area contributed by atoms with Gasteiger partial charge in [0, 0.05) is 27.9 Å². The lowest BCUT2D eigenvalue weighted by Gasteiger charge is -2.11. The molecule has 166 valence electrons. The van der Waals surface area contributed by atoms with Gasteiger partial charge in [-0.3, -0.25) is 10.1 Å². The fourth-order valence-electron chi connectivity index (χ4n) is 2.98. The number of rotatable bonds is 10. The van der Waals surface area contributed by atoms with Crippen LogP contribution in [0.2, 0.25) is 0 Å². The van der Waals surface area contributed by atoms with Crippen LogP contribution in [-0.2, 0) is 6.42 Å². The van der Waals surface area contributed by atoms with Crippen LogP contribution in [0.15, 0.2) is 45.3 Å². The second kappa shape index (κ2) is 11.3. The molecule has 0 saturated heterocycles. The number of carbonyl (C=O) groups is 2. The van der Waals surface area contributed by atoms with Crippen molar-refractivity contribution in [2.45, 2.75) is 52.4 Å². The van der Waals surface area contributed by atoms with E-state index in [1.165, 1.54) is 17.1 Å². The summed E-state index contributed by atoms with van der Waals surface area (Å²) in [5.74, 6) is -0.921. The SMILES string of the molecule is CCCc1ccc(C=C(C)C(=O)c2c(O)cc(C(C)CCC=CNC(=O)O)oc2=O)s1. The molecule has 31 heavy (non-hydrogen) atoms. The average Bonchev–Trinajstić information content (AvgIpc) is 3.13. The second-order valence-electron chi connectivity index (χ2n) is 7.24. The minimum atomic E-state index is -1.15. The van der Waals surface area contributed by atoms with Crippen LogP contribution >= 0.6 is 11.3 Å². The van der Waals surface area contributed by atoms with Gasteiger partial charge < -0.3 is 14.6 Å². The van der Waals surface area contributed by atoms with Crippen LogP contribution in [0.1, 0.15) is 71.8 Å². The Morgan fingerprint density at radius 1 is 1.32 bits per heavy atom. The van der Waals surface area contributed by atoms with E-state index in [0.29, 0.717) is 18.4 Å². The Morgan fingerprint density at radius 2 is 2.06 bits per heavy atom. The van der Waals surface area contributed by atoms with E-state index in [2.05, 4.69) is 12.2 Å². The summed E-state index contributed by atoms with van der Waals surface area (Å²) < 4.78 is 5.31. The first-order chi connectivity index (χ1) is 14.7. The number of Topliss-reactive ketones (excluding diaryl/α,β-unsaturated/α-hetero) is 1. The molecule has 1 unspecified atom stereocenters. The fraction of sp³-hybridized carbons (Fsp3) is 0.348. The molecule has 0 saturated carbocycles. The topological polar surface area (TPSA) is 117 Å². The van der Waals surface area contributed by atoms with Crippen LogP contribution in [0, 0.1) is 0 Å². The maximum absolute atomic E-state index is 12.8. The number of amides is 1. The zero-order valence-corrected chi connectivity index (χ0v) is 18.6. The van der Waals surface area contributed by atoms with E-state index in [1.54, 1.807) is 30.4 Å². The molecule has 2 aromatic heterocycles. The average molecular weight is 446 g/mol. The third kappa shape index (κ3) is 6.96. The monoisotopic (exact) mass is 445 g/mol. The molecule has 0 aliphatic rings. The Balaban J connectivity index is 2.14. The number of carboxylic acid groups (broad SMARTS) is 1. The molecule has 8 heteroatoms. The molecule has 1 amide bonds. The maximum Gasteiger partial charge on any atom is 0.408 e. The highest BCUT2D eigenvalue weighted by Crippen LogP contribution is 2.27. The maximum atomic E-state index is 12.8. The van der Waals surface area contributed by atoms with E-state index < -0.39 is 23.3 Å². The summed E-state index contributed by atoms with van der Waals surface area (Å²) in [6.45, 7) is 5.52. The molecule has 0 radical (unpaired) electrons. The predicted molar refractivity (Wildman–Crippen MR) is 121 cm³/mol. The molecule has 2 rings (SSSR count). The normalized spacial score (nSPS) is 12.8. The lowest BCUT2D eigenvalue weighted by Crippen LogP contribution is -2.16. The smallest absolute Gasteiger partial charge is 0.408 e. The largest absolute Gasteiger partial charge is 0.507 e. The molecule has 0 fully saturated rings. The van der Waals surface area contributed by atoms with Crippen molar-refractivity contribution in [3.63, 3.8) is 0 Å². The second-order valence-corrected chi connectivity index (χ2v) is 8.44. The van der Waals surface area contributed by atoms with Gasteiger partial charge in [-0.15, -0.1) is 11.3 Å². The number of thiophene rings is 1. The van der Waals surface area contributed by atoms with Gasteiger partial charge in [-0.1, -0.05) is 26.3 Å². The van der Waals surface area contributed by atoms with Gasteiger partial charge in [-0.2, -0.15) is 0 Å². The molecule has 0 aromatic carbocycles. The molecule has 7 nitrogen and oxygen atoms in total. The summed E-state index contributed by atoms with van der Waals surface area (Å²) in [4.78, 5) is 37.7. The Labute approximate surface area is 184 Å². The van der Waals surface area contributed by atoms with Gasteiger partial charge >= 0.3 is 11.7 Å². The number of hydrogen-bond donors (Lipinski definition) is 3. The molecule has 2 heterocycles. The molecule has 1 atom stereocenters. The van der Waals surface area contributed by atoms with Crippen molar-refractivity contribution >= 4 is 29.3 Å². The van der Waals surface area contributed by atoms with E-state index in [4.69, 9.17) is 9.52 Å². The third-order valence-corrected chi connectivity index (χ3v) is 5.74. The van der Waals surface area contributed by atoms with Crippen molar-refractivity contribution in [2.24, 2.45) is 0 Å². The number of ketones is 1. The number of aromatic hydroxyl groups is 1. The Bertz CT molecular complexity index is 1050. The zero-order chi connectivity index (χ0) is 23.0. The van der Waals surface area contributed by atoms with Crippen LogP contribution in [-0.4, -0.2) is 22.1 Å². The van der Waals surface area contributed by atoms with E-state index >= 15 is 0 Å². The van der Waals surface area contributed by atoms with Crippen molar-refractivity contribution in [1.29, 1.82) is 0 Å². The van der Waals surface area contributed by atoms with Crippen LogP contribution < -0.4 is 10.9 Å². The van der Waals surface area contributed by atoms with Crippen molar-refractivity contribution in [2.75, 3.05) is 0 Å². The Hall–Kier alpha value is -3.13. The summed E-state index contributed by atoms with van der Waals surface area (Å²) >= 11 is 1.59. The van der Waals surface area contributed by atoms with Gasteiger partial charge in [-0.25, -0.2) is 9.59 Å². The van der Waals surface area contributed by atoms with Crippen LogP contribution in [0.25, 0.3) is 6.08 Å². The van der Waals surface area contributed by atoms with Crippen molar-refractivity contribution < 1.29 is 24.2 Å². The minimum absolute atomic E-state index is 0.211. The van der Waals surface area contributed by atoms with Crippen molar-refractivity contribution in [1.82, 2.24) is 5.32 Å². The van der Waals surface area contributed by atoms with E-state index in [0.717, 1.165) is 17.7 Å². The Kier molecular flexibility index (Phi) is 8.81. The third-order valence-electron chi connectivity index (χ3n) is 4.65. The van der Waals surface area contributed by atoms with E-state index in [9.17, 15) is 19.5 Å². The summed E-state index contributed by atoms with van der Waals surface area (Å²) in [6, 6.07) is 5.25. The number of allylic oxidation sites excluding steroid dienone is 2. The number of carbonyl (C=O) groups excluding carboxylic acids is 1. The number of hydrogen-bond acceptors (Lipinski definition) is 6. The zero-order valence-electron chi connectivity index (χ0n) is 17.8. The highest BCUT2D eigenvalue weighted by molar-refractivity contribution is 7.12. The molecular formula is C23H27NO6S. The number of aryl methyl sites for hydroxylation is 1. The highest BCUT2D eigenvalue weighted by atomic mass is 32.1. The quantitative estimate of drug-likeness (QED) is 0.337. The summed E-state index contributed by atoms with van der Waals surface area (Å²) in [7, 11) is 0. The molecule has 0 aliphatic carbocycles. The van der Waals surface area contributed by atoms with Gasteiger partial charge in [0.15, 0.2) is 5.78 Å². The molecule has 0 bridgehead atoms. The van der Waals surface area contributed by atoms with Gasteiger partial charge in [0.1, 0.15) is 17.1 Å². The first-order valence-electron chi connectivity index (χ1n) is 10.1. The van der Waals surface area contributed by atoms with Crippen LogP contribution in [0.3, 0.4) is 0 Å². The first-order valence-corrected chi connectivity index (χ1v) is 10.9. The van der Waals surface area contributed by atoms with E-state index in [-0.39, 0.29) is 17.2 Å². The van der Waals surface area contributed by atoms with Gasteiger partial charge in [-0.05, 0) is 50.0 Å². The fourth-order valence-corrected chi connectivity index (χ4v) is 4.10. The standard InChI is InChI=1S/C23H27NO6S/c1-4-7-16-9-10-17(31-16)12-15(3)21(26)20-18(25)13-19(30-22(20)27)14(2)8-5-6-11-24-23(28)29/h6,9-14,24-25H,4-5,7-8H2,1-3H3,(H,28,29). The Morgan fingerprint density at radius 3 is 2.71 bits per heavy atom. The minimum Gasteiger partial charge on any atom is -0.507 e. The predicted octanol–water partition coefficient (Wildman–Crippen LogP) is 5.31. The molecular weight excluding hydrogens is 418 g/mol. The van der Waals surface area contributed by atoms with Gasteiger partial charge in [0.25, 0.3) is 0 Å². The lowest BCUT2D eigenvalue weighted by atomic mass is 10.00. The molecule has 3 N–H and O–H groups in total. The van der Waals surface area contributed by atoms with Crippen LogP contribution in [0.4, 0.5) is 4.79 Å².